The number of hydrogen-bond acceptors (Lipinski definition) is 3. The third-order valence-electron chi connectivity index (χ3n) is 0.871. The molecule has 0 aromatic carbocycles. The summed E-state index contributed by atoms with van der Waals surface area (Å²) in [7, 11) is 1.67. The SMILES string of the molecule is COCc1sncc1Br. The zero-order chi connectivity index (χ0) is 6.69. The maximum atomic E-state index is 4.91. The molecule has 1 rings (SSSR count). The fourth-order valence-electron chi connectivity index (χ4n) is 0.478. The molecule has 0 aliphatic rings. The van der Waals surface area contributed by atoms with Crippen molar-refractivity contribution >= 4 is 27.5 Å². The van der Waals surface area contributed by atoms with Crippen molar-refractivity contribution in [3.8, 4) is 0 Å². The molecule has 0 fully saturated rings. The molecule has 2 nitrogen and oxygen atoms in total. The largest absolute Gasteiger partial charge is 0.379 e. The van der Waals surface area contributed by atoms with Crippen LogP contribution >= 0.6 is 27.5 Å². The first kappa shape index (κ1) is 7.18. The Morgan fingerprint density at radius 2 is 2.67 bits per heavy atom. The number of halogens is 1. The van der Waals surface area contributed by atoms with Gasteiger partial charge in [0.05, 0.1) is 22.2 Å². The van der Waals surface area contributed by atoms with Crippen LogP contribution in [0.25, 0.3) is 0 Å². The highest BCUT2D eigenvalue weighted by molar-refractivity contribution is 9.10. The van der Waals surface area contributed by atoms with Crippen molar-refractivity contribution in [2.45, 2.75) is 6.61 Å². The summed E-state index contributed by atoms with van der Waals surface area (Å²) in [4.78, 5) is 1.14. The van der Waals surface area contributed by atoms with E-state index < -0.39 is 0 Å². The summed E-state index contributed by atoms with van der Waals surface area (Å²) in [5, 5.41) is 0. The van der Waals surface area contributed by atoms with E-state index >= 15 is 0 Å². The Hall–Kier alpha value is 0.0700. The molecule has 0 aliphatic carbocycles. The molecule has 0 unspecified atom stereocenters. The summed E-state index contributed by atoms with van der Waals surface area (Å²) in [6.07, 6.45) is 1.78. The molecule has 0 atom stereocenters. The molecule has 0 aliphatic heterocycles. The maximum Gasteiger partial charge on any atom is 0.0832 e. The highest BCUT2D eigenvalue weighted by atomic mass is 79.9. The minimum atomic E-state index is 0.644. The van der Waals surface area contributed by atoms with Gasteiger partial charge >= 0.3 is 0 Å². The van der Waals surface area contributed by atoms with E-state index in [-0.39, 0.29) is 0 Å². The normalized spacial score (nSPS) is 10.0. The van der Waals surface area contributed by atoms with Gasteiger partial charge < -0.3 is 4.74 Å². The van der Waals surface area contributed by atoms with Crippen LogP contribution in [0.5, 0.6) is 0 Å². The van der Waals surface area contributed by atoms with E-state index in [2.05, 4.69) is 20.3 Å². The van der Waals surface area contributed by atoms with Crippen LogP contribution in [0.3, 0.4) is 0 Å². The first-order valence-corrected chi connectivity index (χ1v) is 3.99. The summed E-state index contributed by atoms with van der Waals surface area (Å²) < 4.78 is 9.90. The minimum absolute atomic E-state index is 0.644. The van der Waals surface area contributed by atoms with Gasteiger partial charge in [-0.3, -0.25) is 0 Å². The van der Waals surface area contributed by atoms with Crippen molar-refractivity contribution in [1.82, 2.24) is 4.37 Å². The molecule has 0 N–H and O–H groups in total. The van der Waals surface area contributed by atoms with Crippen molar-refractivity contribution in [2.75, 3.05) is 7.11 Å². The molecule has 0 bridgehead atoms. The second-order valence-corrected chi connectivity index (χ2v) is 3.27. The Bertz CT molecular complexity index is 189. The van der Waals surface area contributed by atoms with Gasteiger partial charge in [-0.15, -0.1) is 0 Å². The molecule has 0 saturated carbocycles. The Kier molecular flexibility index (Phi) is 2.63. The van der Waals surface area contributed by atoms with Gasteiger partial charge in [-0.25, -0.2) is 0 Å². The predicted octanol–water partition coefficient (Wildman–Crippen LogP) is 2.05. The quantitative estimate of drug-likeness (QED) is 0.741. The molecule has 0 spiro atoms. The first-order valence-electron chi connectivity index (χ1n) is 2.42. The molecule has 9 heavy (non-hydrogen) atoms. The predicted molar refractivity (Wildman–Crippen MR) is 40.5 cm³/mol. The van der Waals surface area contributed by atoms with E-state index in [4.69, 9.17) is 4.74 Å². The van der Waals surface area contributed by atoms with E-state index in [9.17, 15) is 0 Å². The lowest BCUT2D eigenvalue weighted by molar-refractivity contribution is 0.187. The smallest absolute Gasteiger partial charge is 0.0832 e. The highest BCUT2D eigenvalue weighted by Crippen LogP contribution is 2.19. The van der Waals surface area contributed by atoms with Crippen molar-refractivity contribution in [1.29, 1.82) is 0 Å². The standard InChI is InChI=1S/C5H6BrNOS/c1-8-3-5-4(6)2-7-9-5/h2H,3H2,1H3. The van der Waals surface area contributed by atoms with Crippen LogP contribution in [-0.2, 0) is 11.3 Å². The van der Waals surface area contributed by atoms with Crippen LogP contribution in [0.2, 0.25) is 0 Å². The van der Waals surface area contributed by atoms with Crippen LogP contribution in [0.15, 0.2) is 10.7 Å². The molecular weight excluding hydrogens is 202 g/mol. The molecular formula is C5H6BrNOS. The number of nitrogens with zero attached hydrogens (tertiary/aromatic N) is 1. The summed E-state index contributed by atoms with van der Waals surface area (Å²) in [6, 6.07) is 0. The molecule has 0 saturated heterocycles. The Morgan fingerprint density at radius 3 is 3.11 bits per heavy atom. The summed E-state index contributed by atoms with van der Waals surface area (Å²) >= 11 is 4.79. The second kappa shape index (κ2) is 3.29. The summed E-state index contributed by atoms with van der Waals surface area (Å²) in [5.74, 6) is 0. The molecule has 1 aromatic heterocycles. The molecule has 0 radical (unpaired) electrons. The Morgan fingerprint density at radius 1 is 1.89 bits per heavy atom. The van der Waals surface area contributed by atoms with Gasteiger partial charge in [0.15, 0.2) is 0 Å². The number of aromatic nitrogens is 1. The fraction of sp³-hybridized carbons (Fsp3) is 0.400. The molecule has 4 heteroatoms. The average Bonchev–Trinajstić information content (AvgIpc) is 2.18. The van der Waals surface area contributed by atoms with Gasteiger partial charge in [0.25, 0.3) is 0 Å². The van der Waals surface area contributed by atoms with Gasteiger partial charge in [0, 0.05) is 7.11 Å². The van der Waals surface area contributed by atoms with Gasteiger partial charge in [-0.1, -0.05) is 0 Å². The molecule has 1 aromatic rings. The second-order valence-electron chi connectivity index (χ2n) is 1.53. The first-order chi connectivity index (χ1) is 4.34. The highest BCUT2D eigenvalue weighted by Gasteiger charge is 1.99. The summed E-state index contributed by atoms with van der Waals surface area (Å²) in [6.45, 7) is 0.644. The van der Waals surface area contributed by atoms with Crippen LogP contribution in [0, 0.1) is 0 Å². The zero-order valence-corrected chi connectivity index (χ0v) is 7.33. The van der Waals surface area contributed by atoms with Crippen molar-refractivity contribution < 1.29 is 4.74 Å². The number of methoxy groups -OCH3 is 1. The van der Waals surface area contributed by atoms with Crippen LogP contribution in [0.1, 0.15) is 4.88 Å². The van der Waals surface area contributed by atoms with E-state index in [1.165, 1.54) is 11.5 Å². The third kappa shape index (κ3) is 1.74. The lowest BCUT2D eigenvalue weighted by Crippen LogP contribution is -1.81. The topological polar surface area (TPSA) is 22.1 Å². The van der Waals surface area contributed by atoms with E-state index in [1.807, 2.05) is 0 Å². The number of hydrogen-bond donors (Lipinski definition) is 0. The van der Waals surface area contributed by atoms with Crippen molar-refractivity contribution in [3.63, 3.8) is 0 Å². The third-order valence-corrected chi connectivity index (χ3v) is 2.59. The monoisotopic (exact) mass is 207 g/mol. The maximum absolute atomic E-state index is 4.91. The number of ether oxygens (including phenoxy) is 1. The molecule has 1 heterocycles. The van der Waals surface area contributed by atoms with E-state index in [0.29, 0.717) is 6.61 Å². The lowest BCUT2D eigenvalue weighted by atomic mass is 10.5. The van der Waals surface area contributed by atoms with Gasteiger partial charge in [-0.05, 0) is 27.5 Å². The van der Waals surface area contributed by atoms with Crippen molar-refractivity contribution in [2.24, 2.45) is 0 Å². The average molecular weight is 208 g/mol. The van der Waals surface area contributed by atoms with Crippen LogP contribution in [-0.4, -0.2) is 11.5 Å². The lowest BCUT2D eigenvalue weighted by Gasteiger charge is -1.91. The Labute approximate surface area is 66.1 Å². The van der Waals surface area contributed by atoms with E-state index in [0.717, 1.165) is 9.35 Å². The summed E-state index contributed by atoms with van der Waals surface area (Å²) in [5.41, 5.74) is 0. The van der Waals surface area contributed by atoms with Crippen LogP contribution < -0.4 is 0 Å². The van der Waals surface area contributed by atoms with Crippen molar-refractivity contribution in [3.05, 3.63) is 15.5 Å². The fourth-order valence-corrected chi connectivity index (χ4v) is 1.64. The number of rotatable bonds is 2. The van der Waals surface area contributed by atoms with Crippen LogP contribution in [0.4, 0.5) is 0 Å². The van der Waals surface area contributed by atoms with Gasteiger partial charge in [0.2, 0.25) is 0 Å². The molecule has 0 amide bonds. The minimum Gasteiger partial charge on any atom is -0.379 e. The Balaban J connectivity index is 2.69. The zero-order valence-electron chi connectivity index (χ0n) is 4.93. The molecule has 50 valence electrons. The van der Waals surface area contributed by atoms with Gasteiger partial charge in [-0.2, -0.15) is 4.37 Å². The van der Waals surface area contributed by atoms with Gasteiger partial charge in [0.1, 0.15) is 0 Å². The van der Waals surface area contributed by atoms with E-state index in [1.54, 1.807) is 13.3 Å².